The smallest absolute Gasteiger partial charge is 0.191 e. The van der Waals surface area contributed by atoms with E-state index >= 15 is 0 Å². The fourth-order valence-electron chi connectivity index (χ4n) is 2.39. The molecule has 2 aromatic rings. The van der Waals surface area contributed by atoms with Crippen LogP contribution in [0, 0.1) is 0 Å². The van der Waals surface area contributed by atoms with Crippen LogP contribution in [0.25, 0.3) is 0 Å². The summed E-state index contributed by atoms with van der Waals surface area (Å²) in [7, 11) is -1.96. The zero-order valence-corrected chi connectivity index (χ0v) is 17.6. The van der Waals surface area contributed by atoms with Gasteiger partial charge in [-0.15, -0.1) is 4.72 Å². The third-order valence-electron chi connectivity index (χ3n) is 3.89. The van der Waals surface area contributed by atoms with Gasteiger partial charge >= 0.3 is 0 Å². The van der Waals surface area contributed by atoms with Crippen molar-refractivity contribution in [3.05, 3.63) is 71.3 Å². The first-order chi connectivity index (χ1) is 12.3. The van der Waals surface area contributed by atoms with E-state index in [0.717, 1.165) is 16.7 Å². The molecule has 2 aromatic carbocycles. The highest BCUT2D eigenvalue weighted by Crippen LogP contribution is 2.28. The summed E-state index contributed by atoms with van der Waals surface area (Å²) in [6.45, 7) is 8.03. The Bertz CT molecular complexity index is 718. The van der Waals surface area contributed by atoms with Crippen molar-refractivity contribution >= 4 is 19.4 Å². The summed E-state index contributed by atoms with van der Waals surface area (Å²) in [6, 6.07) is 17.7. The molecule has 0 bridgehead atoms. The fourth-order valence-corrected chi connectivity index (χ4v) is 3.76. The predicted molar refractivity (Wildman–Crippen MR) is 110 cm³/mol. The summed E-state index contributed by atoms with van der Waals surface area (Å²) in [5.41, 5.74) is 3.01. The number of nitrogens with one attached hydrogen (secondary N) is 1. The van der Waals surface area contributed by atoms with Crippen LogP contribution in [0.4, 0.5) is 0 Å². The van der Waals surface area contributed by atoms with Crippen LogP contribution in [0.5, 0.6) is 0 Å². The van der Waals surface area contributed by atoms with Gasteiger partial charge in [0.25, 0.3) is 0 Å². The van der Waals surface area contributed by atoms with Crippen LogP contribution in [0.15, 0.2) is 54.6 Å². The van der Waals surface area contributed by atoms with Crippen molar-refractivity contribution in [3.8, 4) is 0 Å². The zero-order chi connectivity index (χ0) is 19.2. The molecule has 0 radical (unpaired) electrons. The van der Waals surface area contributed by atoms with Gasteiger partial charge in [0.2, 0.25) is 0 Å². The van der Waals surface area contributed by atoms with Crippen molar-refractivity contribution in [1.82, 2.24) is 4.72 Å². The normalized spacial score (nSPS) is 15.4. The van der Waals surface area contributed by atoms with Crippen molar-refractivity contribution in [2.75, 3.05) is 6.16 Å². The van der Waals surface area contributed by atoms with Gasteiger partial charge in [-0.25, -0.2) is 0 Å². The van der Waals surface area contributed by atoms with E-state index in [9.17, 15) is 9.12 Å². The van der Waals surface area contributed by atoms with Crippen LogP contribution in [0.3, 0.4) is 0 Å². The summed E-state index contributed by atoms with van der Waals surface area (Å²) in [5, 5.41) is 0. The van der Waals surface area contributed by atoms with Gasteiger partial charge in [-0.05, 0) is 37.5 Å². The fraction of sp³-hybridized carbons (Fsp3) is 0.400. The lowest BCUT2D eigenvalue weighted by atomic mass is 9.98. The van der Waals surface area contributed by atoms with Gasteiger partial charge in [-0.2, -0.15) is 0 Å². The largest absolute Gasteiger partial charge is 0.598 e. The Labute approximate surface area is 160 Å². The molecule has 6 heteroatoms. The van der Waals surface area contributed by atoms with Crippen molar-refractivity contribution in [1.29, 1.82) is 0 Å². The lowest BCUT2D eigenvalue weighted by Crippen LogP contribution is -2.41. The third-order valence-corrected chi connectivity index (χ3v) is 6.49. The van der Waals surface area contributed by atoms with Crippen LogP contribution in [0.1, 0.15) is 50.4 Å². The van der Waals surface area contributed by atoms with E-state index in [0.29, 0.717) is 12.8 Å². The first kappa shape index (κ1) is 21.2. The molecule has 1 N–H and O–H groups in total. The van der Waals surface area contributed by atoms with Gasteiger partial charge in [0.1, 0.15) is 10.8 Å². The second-order valence-corrected chi connectivity index (χ2v) is 10.8. The Hall–Kier alpha value is -1.10. The van der Waals surface area contributed by atoms with E-state index < -0.39 is 19.4 Å². The minimum Gasteiger partial charge on any atom is -0.598 e. The molecule has 0 fully saturated rings. The highest BCUT2D eigenvalue weighted by Gasteiger charge is 2.30. The molecule has 0 amide bonds. The Morgan fingerprint density at radius 3 is 2.38 bits per heavy atom. The van der Waals surface area contributed by atoms with E-state index in [2.05, 4.69) is 4.72 Å². The van der Waals surface area contributed by atoms with Crippen molar-refractivity contribution in [2.45, 2.75) is 45.1 Å². The van der Waals surface area contributed by atoms with Crippen LogP contribution in [-0.4, -0.2) is 15.5 Å². The maximum Gasteiger partial charge on any atom is 0.191 e. The monoisotopic (exact) mass is 393 g/mol. The molecule has 2 unspecified atom stereocenters. The standard InChI is InChI=1S/C20H28NO3PS/c1-5-25(22)24-15-16-10-9-13-18(14-16)19(17-11-7-6-8-12-17)21-26(23)20(2,3)4/h6-14,19,21,25H,5,15H2,1-4H3/t19-,26?/m0/s1. The van der Waals surface area contributed by atoms with E-state index in [1.807, 2.05) is 82.3 Å². The molecule has 0 saturated carbocycles. The highest BCUT2D eigenvalue weighted by atomic mass is 32.2. The molecule has 26 heavy (non-hydrogen) atoms. The van der Waals surface area contributed by atoms with E-state index in [1.165, 1.54) is 0 Å². The average molecular weight is 393 g/mol. The molecule has 2 rings (SSSR count). The summed E-state index contributed by atoms with van der Waals surface area (Å²) >= 11 is -1.21. The van der Waals surface area contributed by atoms with Crippen LogP contribution in [0.2, 0.25) is 0 Å². The molecule has 0 aliphatic rings. The van der Waals surface area contributed by atoms with Crippen molar-refractivity contribution in [2.24, 2.45) is 0 Å². The van der Waals surface area contributed by atoms with Crippen molar-refractivity contribution < 1.29 is 13.6 Å². The zero-order valence-electron chi connectivity index (χ0n) is 15.8. The van der Waals surface area contributed by atoms with E-state index in [4.69, 9.17) is 4.52 Å². The van der Waals surface area contributed by atoms with Gasteiger partial charge in [-0.1, -0.05) is 61.5 Å². The van der Waals surface area contributed by atoms with Gasteiger partial charge in [-0.3, -0.25) is 4.57 Å². The van der Waals surface area contributed by atoms with Crippen LogP contribution < -0.4 is 4.72 Å². The van der Waals surface area contributed by atoms with Gasteiger partial charge in [0, 0.05) is 17.5 Å². The van der Waals surface area contributed by atoms with E-state index in [-0.39, 0.29) is 10.8 Å². The van der Waals surface area contributed by atoms with Gasteiger partial charge < -0.3 is 9.08 Å². The summed E-state index contributed by atoms with van der Waals surface area (Å²) in [4.78, 5) is 0. The number of hydrogen-bond donors (Lipinski definition) is 1. The second kappa shape index (κ2) is 9.72. The molecule has 0 aliphatic heterocycles. The third kappa shape index (κ3) is 6.26. The molecule has 0 spiro atoms. The molecule has 142 valence electrons. The Kier molecular flexibility index (Phi) is 7.93. The second-order valence-electron chi connectivity index (χ2n) is 7.10. The summed E-state index contributed by atoms with van der Waals surface area (Å²) in [5.74, 6) is 0. The first-order valence-corrected chi connectivity index (χ1v) is 11.5. The molecule has 0 heterocycles. The maximum atomic E-state index is 12.7. The Morgan fingerprint density at radius 1 is 1.12 bits per heavy atom. The number of benzene rings is 2. The Balaban J connectivity index is 2.29. The molecule has 4 nitrogen and oxygen atoms in total. The van der Waals surface area contributed by atoms with Gasteiger partial charge in [0.05, 0.1) is 6.61 Å². The molecule has 0 aliphatic carbocycles. The van der Waals surface area contributed by atoms with Crippen LogP contribution in [-0.2, 0) is 27.1 Å². The topological polar surface area (TPSA) is 61.4 Å². The number of rotatable bonds is 8. The van der Waals surface area contributed by atoms with Gasteiger partial charge in [0.15, 0.2) is 8.03 Å². The minimum absolute atomic E-state index is 0.195. The predicted octanol–water partition coefficient (Wildman–Crippen LogP) is 4.84. The maximum absolute atomic E-state index is 12.7. The Morgan fingerprint density at radius 2 is 1.77 bits per heavy atom. The lowest BCUT2D eigenvalue weighted by molar-refractivity contribution is 0.319. The molecular weight excluding hydrogens is 365 g/mol. The molecule has 0 aromatic heterocycles. The molecular formula is C20H28NO3PS. The lowest BCUT2D eigenvalue weighted by Gasteiger charge is -2.28. The summed E-state index contributed by atoms with van der Waals surface area (Å²) in [6.07, 6.45) is 0.545. The average Bonchev–Trinajstić information content (AvgIpc) is 2.64. The highest BCUT2D eigenvalue weighted by molar-refractivity contribution is 7.90. The first-order valence-electron chi connectivity index (χ1n) is 8.78. The van der Waals surface area contributed by atoms with Crippen LogP contribution >= 0.6 is 8.03 Å². The minimum atomic E-state index is -1.96. The molecule has 0 saturated heterocycles. The molecule has 3 atom stereocenters. The quantitative estimate of drug-likeness (QED) is 0.515. The number of hydrogen-bond acceptors (Lipinski definition) is 4. The van der Waals surface area contributed by atoms with Crippen molar-refractivity contribution in [3.63, 3.8) is 0 Å². The SMILES string of the molecule is CC[PH](=O)OCc1cccc([C@@H](N[S+]([O-])C(C)(C)C)c2ccccc2)c1. The summed E-state index contributed by atoms with van der Waals surface area (Å²) < 4.78 is 32.6. The van der Waals surface area contributed by atoms with E-state index in [1.54, 1.807) is 0 Å².